The van der Waals surface area contributed by atoms with Gasteiger partial charge in [0, 0.05) is 0 Å². The van der Waals surface area contributed by atoms with Crippen LogP contribution in [0.15, 0.2) is 58.3 Å². The fourth-order valence-corrected chi connectivity index (χ4v) is 3.22. The van der Waals surface area contributed by atoms with Gasteiger partial charge in [-0.25, -0.2) is 12.8 Å². The minimum Gasteiger partial charge on any atom is -0.494 e. The van der Waals surface area contributed by atoms with Gasteiger partial charge in [-0.05, 0) is 54.5 Å². The second-order valence-corrected chi connectivity index (χ2v) is 7.27. The first-order valence-corrected chi connectivity index (χ1v) is 9.31. The van der Waals surface area contributed by atoms with Gasteiger partial charge < -0.3 is 4.74 Å². The van der Waals surface area contributed by atoms with E-state index in [1.165, 1.54) is 6.08 Å². The van der Waals surface area contributed by atoms with Gasteiger partial charge in [0.05, 0.1) is 11.5 Å². The third-order valence-electron chi connectivity index (χ3n) is 3.47. The van der Waals surface area contributed by atoms with Crippen molar-refractivity contribution in [2.45, 2.75) is 24.7 Å². The Bertz CT molecular complexity index is 880. The highest BCUT2D eigenvalue weighted by Gasteiger charge is 2.20. The van der Waals surface area contributed by atoms with Gasteiger partial charge in [0.25, 0.3) is 0 Å². The summed E-state index contributed by atoms with van der Waals surface area (Å²) in [6.45, 7) is 2.69. The van der Waals surface area contributed by atoms with Gasteiger partial charge in [0.15, 0.2) is 0 Å². The molecule has 0 saturated carbocycles. The van der Waals surface area contributed by atoms with Crippen molar-refractivity contribution in [3.8, 4) is 11.8 Å². The second-order valence-electron chi connectivity index (χ2n) is 5.35. The Balaban J connectivity index is 2.25. The monoisotopic (exact) mass is 359 g/mol. The topological polar surface area (TPSA) is 67.2 Å². The molecule has 0 spiro atoms. The lowest BCUT2D eigenvalue weighted by Crippen LogP contribution is -2.03. The minimum atomic E-state index is -3.99. The highest BCUT2D eigenvalue weighted by Crippen LogP contribution is 2.22. The zero-order valence-electron chi connectivity index (χ0n) is 13.8. The maximum absolute atomic E-state index is 13.0. The van der Waals surface area contributed by atoms with E-state index in [2.05, 4.69) is 6.92 Å². The number of nitrogens with zero attached hydrogens (tertiary/aromatic N) is 1. The predicted octanol–water partition coefficient (Wildman–Crippen LogP) is 4.34. The molecule has 0 unspecified atom stereocenters. The Labute approximate surface area is 147 Å². The van der Waals surface area contributed by atoms with Crippen LogP contribution in [0.3, 0.4) is 0 Å². The second kappa shape index (κ2) is 8.45. The van der Waals surface area contributed by atoms with E-state index in [0.29, 0.717) is 17.9 Å². The molecular weight excluding hydrogens is 341 g/mol. The molecule has 0 atom stereocenters. The number of hydrogen-bond donors (Lipinski definition) is 0. The molecule has 0 aliphatic rings. The van der Waals surface area contributed by atoms with E-state index in [4.69, 9.17) is 4.74 Å². The molecule has 130 valence electrons. The van der Waals surface area contributed by atoms with Crippen molar-refractivity contribution in [2.24, 2.45) is 0 Å². The van der Waals surface area contributed by atoms with Gasteiger partial charge in [-0.1, -0.05) is 25.5 Å². The van der Waals surface area contributed by atoms with Crippen LogP contribution >= 0.6 is 0 Å². The lowest BCUT2D eigenvalue weighted by Gasteiger charge is -2.06. The summed E-state index contributed by atoms with van der Waals surface area (Å²) in [6.07, 6.45) is 3.28. The van der Waals surface area contributed by atoms with E-state index in [0.717, 1.165) is 37.1 Å². The summed E-state index contributed by atoms with van der Waals surface area (Å²) in [6, 6.07) is 12.9. The molecule has 0 aliphatic carbocycles. The quantitative estimate of drug-likeness (QED) is 0.419. The van der Waals surface area contributed by atoms with Crippen LogP contribution < -0.4 is 4.74 Å². The molecule has 0 fully saturated rings. The number of unbranched alkanes of at least 4 members (excludes halogenated alkanes) is 1. The van der Waals surface area contributed by atoms with Crippen LogP contribution in [0.5, 0.6) is 5.75 Å². The first-order chi connectivity index (χ1) is 12.0. The molecule has 2 aromatic carbocycles. The maximum atomic E-state index is 13.0. The van der Waals surface area contributed by atoms with Crippen molar-refractivity contribution in [1.29, 1.82) is 5.26 Å². The number of allylic oxidation sites excluding steroid dienone is 1. The third kappa shape index (κ3) is 4.91. The zero-order valence-corrected chi connectivity index (χ0v) is 14.6. The Morgan fingerprint density at radius 2 is 1.80 bits per heavy atom. The van der Waals surface area contributed by atoms with Crippen LogP contribution in [0.4, 0.5) is 4.39 Å². The summed E-state index contributed by atoms with van der Waals surface area (Å²) in [7, 11) is -3.99. The number of ether oxygens (including phenoxy) is 1. The zero-order chi connectivity index (χ0) is 18.3. The third-order valence-corrected chi connectivity index (χ3v) is 5.15. The van der Waals surface area contributed by atoms with Crippen LogP contribution in [-0.2, 0) is 9.84 Å². The van der Waals surface area contributed by atoms with Gasteiger partial charge in [0.1, 0.15) is 22.5 Å². The van der Waals surface area contributed by atoms with Crippen LogP contribution in [0.25, 0.3) is 6.08 Å². The molecule has 0 radical (unpaired) electrons. The summed E-state index contributed by atoms with van der Waals surface area (Å²) in [5.41, 5.74) is 0.560. The Morgan fingerprint density at radius 3 is 2.36 bits per heavy atom. The van der Waals surface area contributed by atoms with Gasteiger partial charge in [-0.2, -0.15) is 5.26 Å². The summed E-state index contributed by atoms with van der Waals surface area (Å²) >= 11 is 0. The van der Waals surface area contributed by atoms with Crippen LogP contribution in [0.1, 0.15) is 25.3 Å². The van der Waals surface area contributed by atoms with Gasteiger partial charge in [-0.3, -0.25) is 0 Å². The van der Waals surface area contributed by atoms with Crippen molar-refractivity contribution >= 4 is 15.9 Å². The molecule has 2 rings (SSSR count). The van der Waals surface area contributed by atoms with E-state index in [9.17, 15) is 18.1 Å². The van der Waals surface area contributed by atoms with Crippen molar-refractivity contribution < 1.29 is 17.5 Å². The lowest BCUT2D eigenvalue weighted by molar-refractivity contribution is 0.309. The predicted molar refractivity (Wildman–Crippen MR) is 94.0 cm³/mol. The average molecular weight is 359 g/mol. The van der Waals surface area contributed by atoms with Crippen LogP contribution in [0, 0.1) is 17.1 Å². The Hall–Kier alpha value is -2.65. The maximum Gasteiger partial charge on any atom is 0.216 e. The molecule has 0 amide bonds. The minimum absolute atomic E-state index is 0.124. The number of hydrogen-bond acceptors (Lipinski definition) is 4. The molecule has 0 N–H and O–H groups in total. The van der Waals surface area contributed by atoms with Gasteiger partial charge in [0.2, 0.25) is 9.84 Å². The van der Waals surface area contributed by atoms with E-state index in [1.54, 1.807) is 30.3 Å². The number of nitriles is 1. The number of rotatable bonds is 7. The van der Waals surface area contributed by atoms with Crippen molar-refractivity contribution in [2.75, 3.05) is 6.61 Å². The molecule has 0 heterocycles. The molecule has 4 nitrogen and oxygen atoms in total. The average Bonchev–Trinajstić information content (AvgIpc) is 2.61. The molecule has 2 aromatic rings. The van der Waals surface area contributed by atoms with E-state index < -0.39 is 20.6 Å². The first-order valence-electron chi connectivity index (χ1n) is 7.82. The summed E-state index contributed by atoms with van der Waals surface area (Å²) < 4.78 is 43.5. The van der Waals surface area contributed by atoms with E-state index >= 15 is 0 Å². The Morgan fingerprint density at radius 1 is 1.16 bits per heavy atom. The van der Waals surface area contributed by atoms with Gasteiger partial charge in [-0.15, -0.1) is 0 Å². The summed E-state index contributed by atoms with van der Waals surface area (Å²) in [4.78, 5) is -0.528. The highest BCUT2D eigenvalue weighted by atomic mass is 32.2. The first kappa shape index (κ1) is 18.7. The number of halogens is 1. The largest absolute Gasteiger partial charge is 0.494 e. The van der Waals surface area contributed by atoms with Crippen molar-refractivity contribution in [3.63, 3.8) is 0 Å². The smallest absolute Gasteiger partial charge is 0.216 e. The Kier molecular flexibility index (Phi) is 6.31. The molecule has 25 heavy (non-hydrogen) atoms. The van der Waals surface area contributed by atoms with E-state index in [-0.39, 0.29) is 4.90 Å². The fraction of sp³-hybridized carbons (Fsp3) is 0.211. The number of benzene rings is 2. The van der Waals surface area contributed by atoms with Crippen molar-refractivity contribution in [3.05, 3.63) is 64.8 Å². The van der Waals surface area contributed by atoms with Crippen molar-refractivity contribution in [1.82, 2.24) is 0 Å². The molecule has 0 bridgehead atoms. The fourth-order valence-electron chi connectivity index (χ4n) is 2.06. The number of sulfone groups is 1. The molecule has 0 saturated heterocycles. The highest BCUT2D eigenvalue weighted by molar-refractivity contribution is 7.95. The standard InChI is InChI=1S/C19H18FNO3S/c1-2-3-12-24-17-8-4-15(5-9-17)13-19(14-21)25(22,23)18-10-6-16(20)7-11-18/h4-11,13H,2-3,12H2,1H3/b19-13+. The van der Waals surface area contributed by atoms with Crippen LogP contribution in [0.2, 0.25) is 0 Å². The van der Waals surface area contributed by atoms with E-state index in [1.807, 2.05) is 0 Å². The van der Waals surface area contributed by atoms with Gasteiger partial charge >= 0.3 is 0 Å². The molecular formula is C19H18FNO3S. The summed E-state index contributed by atoms with van der Waals surface area (Å²) in [5, 5.41) is 9.24. The molecule has 0 aliphatic heterocycles. The normalized spacial score (nSPS) is 11.8. The van der Waals surface area contributed by atoms with Crippen LogP contribution in [-0.4, -0.2) is 15.0 Å². The lowest BCUT2D eigenvalue weighted by atomic mass is 10.2. The summed E-state index contributed by atoms with van der Waals surface area (Å²) in [5.74, 6) is 0.144. The SMILES string of the molecule is CCCCOc1ccc(/C=C(\C#N)S(=O)(=O)c2ccc(F)cc2)cc1. The molecule has 6 heteroatoms. The molecule has 0 aromatic heterocycles.